The van der Waals surface area contributed by atoms with Crippen LogP contribution in [-0.4, -0.2) is 17.0 Å². The van der Waals surface area contributed by atoms with Crippen LogP contribution in [0.25, 0.3) is 11.4 Å². The smallest absolute Gasteiger partial charge is 0.162 e. The summed E-state index contributed by atoms with van der Waals surface area (Å²) in [6.07, 6.45) is 5.13. The van der Waals surface area contributed by atoms with Crippen LogP contribution in [0.15, 0.2) is 24.4 Å². The van der Waals surface area contributed by atoms with E-state index in [0.717, 1.165) is 25.0 Å². The molecule has 0 spiro atoms. The van der Waals surface area contributed by atoms with Gasteiger partial charge in [0.1, 0.15) is 0 Å². The Morgan fingerprint density at radius 3 is 2.70 bits per heavy atom. The van der Waals surface area contributed by atoms with E-state index in [1.165, 1.54) is 5.56 Å². The number of hydrogen-bond donors (Lipinski definition) is 1. The van der Waals surface area contributed by atoms with Gasteiger partial charge in [-0.05, 0) is 38.4 Å². The molecule has 2 aromatic rings. The fourth-order valence-electron chi connectivity index (χ4n) is 2.68. The van der Waals surface area contributed by atoms with Gasteiger partial charge < -0.3 is 5.32 Å². The van der Waals surface area contributed by atoms with E-state index in [9.17, 15) is 0 Å². The highest BCUT2D eigenvalue weighted by atomic mass is 35.5. The molecule has 0 fully saturated rings. The normalized spacial score (nSPS) is 17.9. The maximum Gasteiger partial charge on any atom is 0.162 e. The van der Waals surface area contributed by atoms with Crippen molar-refractivity contribution in [2.75, 3.05) is 7.05 Å². The van der Waals surface area contributed by atoms with Crippen LogP contribution in [0.3, 0.4) is 0 Å². The van der Waals surface area contributed by atoms with E-state index in [2.05, 4.69) is 15.3 Å². The quantitative estimate of drug-likeness (QED) is 0.909. The van der Waals surface area contributed by atoms with E-state index in [1.54, 1.807) is 0 Å². The minimum atomic E-state index is 0.342. The zero-order valence-corrected chi connectivity index (χ0v) is 12.7. The van der Waals surface area contributed by atoms with Crippen molar-refractivity contribution in [1.82, 2.24) is 15.3 Å². The second-order valence-electron chi connectivity index (χ2n) is 4.93. The Labute approximate surface area is 128 Å². The average molecular weight is 308 g/mol. The standard InChI is InChI=1S/C15H15Cl2N3/c1-18-12-6-3-7-13-9(12)8-19-15(20-13)14-10(16)4-2-5-11(14)17/h2,4-5,8,12,18H,3,6-7H2,1H3. The first-order valence-electron chi connectivity index (χ1n) is 6.68. The lowest BCUT2D eigenvalue weighted by atomic mass is 9.92. The van der Waals surface area contributed by atoms with Crippen LogP contribution < -0.4 is 5.32 Å². The summed E-state index contributed by atoms with van der Waals surface area (Å²) in [6, 6.07) is 5.78. The van der Waals surface area contributed by atoms with Crippen LogP contribution in [0, 0.1) is 0 Å². The summed E-state index contributed by atoms with van der Waals surface area (Å²) < 4.78 is 0. The Morgan fingerprint density at radius 2 is 2.00 bits per heavy atom. The molecule has 0 saturated heterocycles. The Hall–Kier alpha value is -1.16. The minimum absolute atomic E-state index is 0.342. The number of aromatic nitrogens is 2. The summed E-state index contributed by atoms with van der Waals surface area (Å²) in [5.74, 6) is 0.608. The van der Waals surface area contributed by atoms with E-state index in [-0.39, 0.29) is 0 Å². The van der Waals surface area contributed by atoms with E-state index >= 15 is 0 Å². The summed E-state index contributed by atoms with van der Waals surface area (Å²) in [5.41, 5.74) is 2.99. The lowest BCUT2D eigenvalue weighted by molar-refractivity contribution is 0.488. The van der Waals surface area contributed by atoms with Crippen molar-refractivity contribution in [1.29, 1.82) is 0 Å². The van der Waals surface area contributed by atoms with Gasteiger partial charge in [-0.25, -0.2) is 9.97 Å². The number of hydrogen-bond acceptors (Lipinski definition) is 3. The van der Waals surface area contributed by atoms with Gasteiger partial charge in [0.05, 0.1) is 15.6 Å². The Morgan fingerprint density at radius 1 is 1.25 bits per heavy atom. The number of benzene rings is 1. The first kappa shape index (κ1) is 13.8. The number of aryl methyl sites for hydroxylation is 1. The van der Waals surface area contributed by atoms with Crippen molar-refractivity contribution >= 4 is 23.2 Å². The number of fused-ring (bicyclic) bond motifs is 1. The van der Waals surface area contributed by atoms with Crippen molar-refractivity contribution in [3.05, 3.63) is 45.7 Å². The van der Waals surface area contributed by atoms with E-state index < -0.39 is 0 Å². The van der Waals surface area contributed by atoms with Crippen LogP contribution in [0.5, 0.6) is 0 Å². The third kappa shape index (κ3) is 2.41. The first-order chi connectivity index (χ1) is 9.70. The zero-order valence-electron chi connectivity index (χ0n) is 11.2. The van der Waals surface area contributed by atoms with Crippen molar-refractivity contribution in [3.8, 4) is 11.4 Å². The summed E-state index contributed by atoms with van der Waals surface area (Å²) in [7, 11) is 1.97. The Bertz CT molecular complexity index is 623. The number of nitrogens with one attached hydrogen (secondary N) is 1. The van der Waals surface area contributed by atoms with Crippen molar-refractivity contribution in [2.24, 2.45) is 0 Å². The molecule has 1 aromatic heterocycles. The van der Waals surface area contributed by atoms with Gasteiger partial charge in [0, 0.05) is 23.5 Å². The first-order valence-corrected chi connectivity index (χ1v) is 7.43. The van der Waals surface area contributed by atoms with Crippen LogP contribution in [-0.2, 0) is 6.42 Å². The highest BCUT2D eigenvalue weighted by Crippen LogP contribution is 2.34. The SMILES string of the molecule is CNC1CCCc2nc(-c3c(Cl)cccc3Cl)ncc21. The minimum Gasteiger partial charge on any atom is -0.313 e. The van der Waals surface area contributed by atoms with Crippen LogP contribution in [0.2, 0.25) is 10.0 Å². The third-order valence-corrected chi connectivity index (χ3v) is 4.35. The average Bonchev–Trinajstić information content (AvgIpc) is 2.46. The van der Waals surface area contributed by atoms with Crippen molar-refractivity contribution < 1.29 is 0 Å². The summed E-state index contributed by atoms with van der Waals surface area (Å²) >= 11 is 12.5. The number of nitrogens with zero attached hydrogens (tertiary/aromatic N) is 2. The highest BCUT2D eigenvalue weighted by Gasteiger charge is 2.22. The summed E-state index contributed by atoms with van der Waals surface area (Å²) in [4.78, 5) is 9.15. The molecule has 20 heavy (non-hydrogen) atoms. The van der Waals surface area contributed by atoms with Crippen LogP contribution >= 0.6 is 23.2 Å². The molecule has 0 aliphatic heterocycles. The molecule has 1 N–H and O–H groups in total. The molecular formula is C15H15Cl2N3. The second kappa shape index (κ2) is 5.68. The molecule has 1 heterocycles. The third-order valence-electron chi connectivity index (χ3n) is 3.72. The van der Waals surface area contributed by atoms with Crippen molar-refractivity contribution in [2.45, 2.75) is 25.3 Å². The number of rotatable bonds is 2. The van der Waals surface area contributed by atoms with Gasteiger partial charge in [-0.2, -0.15) is 0 Å². The van der Waals surface area contributed by atoms with E-state index in [0.29, 0.717) is 27.5 Å². The largest absolute Gasteiger partial charge is 0.313 e. The molecule has 0 amide bonds. The monoisotopic (exact) mass is 307 g/mol. The van der Waals surface area contributed by atoms with Crippen LogP contribution in [0.1, 0.15) is 30.1 Å². The molecule has 5 heteroatoms. The molecule has 1 aromatic carbocycles. The summed E-state index contributed by atoms with van der Waals surface area (Å²) in [5, 5.41) is 4.47. The predicted octanol–water partition coefficient (Wildman–Crippen LogP) is 4.05. The molecule has 3 rings (SSSR count). The highest BCUT2D eigenvalue weighted by molar-refractivity contribution is 6.38. The Balaban J connectivity index is 2.09. The topological polar surface area (TPSA) is 37.8 Å². The van der Waals surface area contributed by atoms with Gasteiger partial charge >= 0.3 is 0 Å². The molecule has 0 radical (unpaired) electrons. The lowest BCUT2D eigenvalue weighted by Crippen LogP contribution is -2.22. The molecule has 104 valence electrons. The van der Waals surface area contributed by atoms with Crippen molar-refractivity contribution in [3.63, 3.8) is 0 Å². The second-order valence-corrected chi connectivity index (χ2v) is 5.74. The molecule has 1 aliphatic carbocycles. The fourth-order valence-corrected chi connectivity index (χ4v) is 3.25. The maximum absolute atomic E-state index is 6.23. The van der Waals surface area contributed by atoms with Gasteiger partial charge in [0.25, 0.3) is 0 Å². The van der Waals surface area contributed by atoms with Crippen LogP contribution in [0.4, 0.5) is 0 Å². The molecule has 1 atom stereocenters. The van der Waals surface area contributed by atoms with Gasteiger partial charge in [0.15, 0.2) is 5.82 Å². The molecular weight excluding hydrogens is 293 g/mol. The van der Waals surface area contributed by atoms with Gasteiger partial charge in [-0.1, -0.05) is 29.3 Å². The van der Waals surface area contributed by atoms with Gasteiger partial charge in [-0.15, -0.1) is 0 Å². The molecule has 3 nitrogen and oxygen atoms in total. The van der Waals surface area contributed by atoms with Gasteiger partial charge in [-0.3, -0.25) is 0 Å². The van der Waals surface area contributed by atoms with Gasteiger partial charge in [0.2, 0.25) is 0 Å². The summed E-state index contributed by atoms with van der Waals surface area (Å²) in [6.45, 7) is 0. The molecule has 0 bridgehead atoms. The van der Waals surface area contributed by atoms with E-state index in [4.69, 9.17) is 23.2 Å². The predicted molar refractivity (Wildman–Crippen MR) is 82.2 cm³/mol. The molecule has 1 unspecified atom stereocenters. The van der Waals surface area contributed by atoms with E-state index in [1.807, 2.05) is 31.4 Å². The molecule has 0 saturated carbocycles. The maximum atomic E-state index is 6.23. The zero-order chi connectivity index (χ0) is 14.1. The Kier molecular flexibility index (Phi) is 3.92. The lowest BCUT2D eigenvalue weighted by Gasteiger charge is -2.24. The number of halogens is 2. The molecule has 1 aliphatic rings. The fraction of sp³-hybridized carbons (Fsp3) is 0.333.